The molecule has 238 valence electrons. The van der Waals surface area contributed by atoms with Crippen molar-refractivity contribution in [2.75, 3.05) is 6.61 Å². The third-order valence-corrected chi connectivity index (χ3v) is 7.54. The molecule has 2 unspecified atom stereocenters. The van der Waals surface area contributed by atoms with Crippen LogP contribution in [0.4, 0.5) is 8.78 Å². The summed E-state index contributed by atoms with van der Waals surface area (Å²) in [6.45, 7) is -0.330. The van der Waals surface area contributed by atoms with Crippen molar-refractivity contribution in [2.45, 2.75) is 88.1 Å². The molecule has 1 saturated heterocycles. The molecule has 0 radical (unpaired) electrons. The van der Waals surface area contributed by atoms with Crippen LogP contribution in [-0.2, 0) is 16.8 Å². The fourth-order valence-corrected chi connectivity index (χ4v) is 4.91. The average molecular weight is 619 g/mol. The number of aromatic nitrogens is 2. The van der Waals surface area contributed by atoms with Gasteiger partial charge < -0.3 is 44.5 Å². The highest BCUT2D eigenvalue weighted by atomic mass is 19.3. The molecule has 44 heavy (non-hydrogen) atoms. The number of ether oxygens (including phenoxy) is 4. The Labute approximate surface area is 252 Å². The first-order chi connectivity index (χ1) is 20.9. The smallest absolute Gasteiger partial charge is 0.387 e. The molecule has 2 fully saturated rings. The molecule has 6 atom stereocenters. The van der Waals surface area contributed by atoms with Gasteiger partial charge in [0.15, 0.2) is 11.5 Å². The molecule has 11 nitrogen and oxygen atoms in total. The largest absolute Gasteiger partial charge is 0.487 e. The molecule has 2 aliphatic rings. The van der Waals surface area contributed by atoms with Gasteiger partial charge in [-0.25, -0.2) is 4.98 Å². The Kier molecular flexibility index (Phi) is 9.63. The number of aliphatic hydroxyl groups is 5. The van der Waals surface area contributed by atoms with Crippen LogP contribution in [0.15, 0.2) is 54.9 Å². The van der Waals surface area contributed by atoms with Gasteiger partial charge in [-0.15, -0.1) is 0 Å². The van der Waals surface area contributed by atoms with Crippen LogP contribution in [-0.4, -0.2) is 85.5 Å². The van der Waals surface area contributed by atoms with E-state index in [1.165, 1.54) is 6.07 Å². The molecular formula is C31H36F2N2O9. The van der Waals surface area contributed by atoms with Gasteiger partial charge in [-0.2, -0.15) is 8.78 Å². The molecular weight excluding hydrogens is 582 g/mol. The lowest BCUT2D eigenvalue weighted by Crippen LogP contribution is -2.60. The van der Waals surface area contributed by atoms with Crippen molar-refractivity contribution in [1.29, 1.82) is 0 Å². The molecule has 5 N–H and O–H groups in total. The Bertz CT molecular complexity index is 1380. The molecule has 3 aromatic rings. The minimum Gasteiger partial charge on any atom is -0.487 e. The summed E-state index contributed by atoms with van der Waals surface area (Å²) in [6.07, 6.45) is -1.98. The monoisotopic (exact) mass is 618 g/mol. The fourth-order valence-electron chi connectivity index (χ4n) is 4.91. The number of hydrogen-bond acceptors (Lipinski definition) is 11. The molecule has 5 rings (SSSR count). The van der Waals surface area contributed by atoms with Gasteiger partial charge in [0.1, 0.15) is 30.0 Å². The average Bonchev–Trinajstić information content (AvgIpc) is 3.81. The zero-order valence-electron chi connectivity index (χ0n) is 24.2. The summed E-state index contributed by atoms with van der Waals surface area (Å²) in [4.78, 5) is 8.76. The van der Waals surface area contributed by atoms with Crippen LogP contribution in [0.2, 0.25) is 0 Å². The van der Waals surface area contributed by atoms with Gasteiger partial charge in [0.2, 0.25) is 12.2 Å². The topological polar surface area (TPSA) is 164 Å². The second kappa shape index (κ2) is 13.3. The van der Waals surface area contributed by atoms with E-state index in [0.29, 0.717) is 12.1 Å². The lowest BCUT2D eigenvalue weighted by Gasteiger charge is -2.39. The maximum absolute atomic E-state index is 13.1. The van der Waals surface area contributed by atoms with Crippen LogP contribution in [0.25, 0.3) is 0 Å². The molecule has 13 heteroatoms. The zero-order chi connectivity index (χ0) is 31.6. The Morgan fingerprint density at radius 2 is 1.66 bits per heavy atom. The summed E-state index contributed by atoms with van der Waals surface area (Å²) in [5.41, 5.74) is 1.64. The van der Waals surface area contributed by atoms with Crippen molar-refractivity contribution in [3.8, 4) is 17.4 Å². The zero-order valence-corrected chi connectivity index (χ0v) is 24.2. The van der Waals surface area contributed by atoms with Crippen molar-refractivity contribution < 1.29 is 53.3 Å². The van der Waals surface area contributed by atoms with Crippen molar-refractivity contribution in [1.82, 2.24) is 9.97 Å². The summed E-state index contributed by atoms with van der Waals surface area (Å²) < 4.78 is 47.8. The second-order valence-electron chi connectivity index (χ2n) is 11.5. The second-order valence-corrected chi connectivity index (χ2v) is 11.5. The molecule has 0 spiro atoms. The van der Waals surface area contributed by atoms with Crippen LogP contribution < -0.4 is 14.2 Å². The molecule has 1 aliphatic heterocycles. The summed E-state index contributed by atoms with van der Waals surface area (Å²) in [5.74, 6) is -0.0991. The van der Waals surface area contributed by atoms with E-state index < -0.39 is 49.5 Å². The predicted molar refractivity (Wildman–Crippen MR) is 150 cm³/mol. The highest BCUT2D eigenvalue weighted by Gasteiger charge is 2.44. The first-order valence-corrected chi connectivity index (χ1v) is 14.3. The number of benzene rings is 1. The quantitative estimate of drug-likeness (QED) is 0.203. The Morgan fingerprint density at radius 3 is 2.25 bits per heavy atom. The number of rotatable bonds is 12. The minimum absolute atomic E-state index is 0.0544. The van der Waals surface area contributed by atoms with Crippen LogP contribution in [0.3, 0.4) is 0 Å². The standard InChI is InChI=1S/C31H36F2N2O9/c1-31(2,40)24-9-5-18(14-34-24)20(17-4-8-21(43-30(32)33)22(12-17)41-19-6-7-19)11-16-3-10-25(35-13-16)44-29-28(39)27(38)26(37)23(15-36)42-29/h3-5,8-10,12-14,19-20,23,26-30,36-40H,6-7,11,15H2,1-2H3/t20-,23?,26-,27+,28?,29-/m0/s1. The van der Waals surface area contributed by atoms with Gasteiger partial charge in [-0.05, 0) is 68.0 Å². The van der Waals surface area contributed by atoms with Gasteiger partial charge >= 0.3 is 6.61 Å². The van der Waals surface area contributed by atoms with Gasteiger partial charge in [-0.3, -0.25) is 4.98 Å². The molecule has 1 aliphatic carbocycles. The molecule has 2 aromatic heterocycles. The number of nitrogens with zero attached hydrogens (tertiary/aromatic N) is 2. The summed E-state index contributed by atoms with van der Waals surface area (Å²) in [5, 5.41) is 50.1. The first-order valence-electron chi connectivity index (χ1n) is 14.3. The third-order valence-electron chi connectivity index (χ3n) is 7.54. The Hall–Kier alpha value is -3.46. The van der Waals surface area contributed by atoms with Gasteiger partial charge in [0, 0.05) is 24.4 Å². The minimum atomic E-state index is -3.01. The normalized spacial score (nSPS) is 24.6. The summed E-state index contributed by atoms with van der Waals surface area (Å²) in [7, 11) is 0. The highest BCUT2D eigenvalue weighted by molar-refractivity contribution is 5.47. The van der Waals surface area contributed by atoms with E-state index in [1.54, 1.807) is 56.6 Å². The van der Waals surface area contributed by atoms with Crippen molar-refractivity contribution in [3.63, 3.8) is 0 Å². The van der Waals surface area contributed by atoms with Crippen LogP contribution in [0.1, 0.15) is 55.0 Å². The van der Waals surface area contributed by atoms with Crippen molar-refractivity contribution in [3.05, 3.63) is 77.2 Å². The van der Waals surface area contributed by atoms with Crippen LogP contribution in [0.5, 0.6) is 17.4 Å². The number of pyridine rings is 2. The number of hydrogen-bond donors (Lipinski definition) is 5. The highest BCUT2D eigenvalue weighted by Crippen LogP contribution is 2.39. The van der Waals surface area contributed by atoms with E-state index in [4.69, 9.17) is 18.9 Å². The summed E-state index contributed by atoms with van der Waals surface area (Å²) >= 11 is 0. The van der Waals surface area contributed by atoms with E-state index in [1.807, 2.05) is 6.07 Å². The number of aliphatic hydroxyl groups excluding tert-OH is 4. The van der Waals surface area contributed by atoms with E-state index in [9.17, 15) is 34.3 Å². The van der Waals surface area contributed by atoms with E-state index in [-0.39, 0.29) is 29.4 Å². The number of halogens is 2. The Morgan fingerprint density at radius 1 is 0.909 bits per heavy atom. The maximum Gasteiger partial charge on any atom is 0.387 e. The van der Waals surface area contributed by atoms with Gasteiger partial charge in [0.05, 0.1) is 18.4 Å². The number of alkyl halides is 2. The maximum atomic E-state index is 13.1. The fraction of sp³-hybridized carbons (Fsp3) is 0.484. The molecule has 0 bridgehead atoms. The van der Waals surface area contributed by atoms with Gasteiger partial charge in [-0.1, -0.05) is 18.2 Å². The third kappa shape index (κ3) is 7.60. The van der Waals surface area contributed by atoms with E-state index in [0.717, 1.165) is 29.5 Å². The Balaban J connectivity index is 1.40. The van der Waals surface area contributed by atoms with Gasteiger partial charge in [0.25, 0.3) is 0 Å². The van der Waals surface area contributed by atoms with Crippen LogP contribution >= 0.6 is 0 Å². The summed E-state index contributed by atoms with van der Waals surface area (Å²) in [6, 6.07) is 11.7. The van der Waals surface area contributed by atoms with Crippen LogP contribution in [0, 0.1) is 0 Å². The molecule has 3 heterocycles. The van der Waals surface area contributed by atoms with Crippen molar-refractivity contribution in [2.24, 2.45) is 0 Å². The SMILES string of the molecule is CC(C)(O)c1ccc([C@@H](Cc2ccc(O[C@@H]3OC(CO)[C@H](O)[C@@H](O)C3O)nc2)c2ccc(OC(F)F)c(OC3CC3)c2)cn1. The van der Waals surface area contributed by atoms with E-state index in [2.05, 4.69) is 9.97 Å². The lowest BCUT2D eigenvalue weighted by atomic mass is 9.86. The molecule has 1 saturated carbocycles. The first kappa shape index (κ1) is 31.9. The lowest BCUT2D eigenvalue weighted by molar-refractivity contribution is -0.278. The predicted octanol–water partition coefficient (Wildman–Crippen LogP) is 2.40. The molecule has 1 aromatic carbocycles. The van der Waals surface area contributed by atoms with E-state index >= 15 is 0 Å². The van der Waals surface area contributed by atoms with Crippen molar-refractivity contribution >= 4 is 0 Å². The molecule has 0 amide bonds.